The van der Waals surface area contributed by atoms with Crippen LogP contribution in [0.2, 0.25) is 0 Å². The molecular weight excluding hydrogens is 232 g/mol. The van der Waals surface area contributed by atoms with Crippen molar-refractivity contribution in [2.24, 2.45) is 11.7 Å². The summed E-state index contributed by atoms with van der Waals surface area (Å²) in [6.07, 6.45) is 3.17. The predicted octanol–water partition coefficient (Wildman–Crippen LogP) is 1.22. The largest absolute Gasteiger partial charge is 0.481 e. The number of amides is 1. The standard InChI is InChI=1S/C13H24N2O3/c1-9(2)15(7-3-4-12(16)17)13(18)10-5-6-11(14)8-10/h9-11H,3-8,14H2,1-2H3,(H,16,17). The number of nitrogens with zero attached hydrogens (tertiary/aromatic N) is 1. The summed E-state index contributed by atoms with van der Waals surface area (Å²) in [6, 6.07) is 0.259. The highest BCUT2D eigenvalue weighted by atomic mass is 16.4. The zero-order valence-corrected chi connectivity index (χ0v) is 11.3. The number of carbonyl (C=O) groups is 2. The third kappa shape index (κ3) is 4.29. The monoisotopic (exact) mass is 256 g/mol. The van der Waals surface area contributed by atoms with Gasteiger partial charge in [0.15, 0.2) is 0 Å². The van der Waals surface area contributed by atoms with Crippen LogP contribution in [0.25, 0.3) is 0 Å². The number of rotatable bonds is 6. The lowest BCUT2D eigenvalue weighted by atomic mass is 10.0. The van der Waals surface area contributed by atoms with E-state index in [4.69, 9.17) is 10.8 Å². The Bertz CT molecular complexity index is 305. The molecule has 3 N–H and O–H groups in total. The fraction of sp³-hybridized carbons (Fsp3) is 0.846. The van der Waals surface area contributed by atoms with E-state index in [0.29, 0.717) is 13.0 Å². The molecule has 1 aliphatic rings. The van der Waals surface area contributed by atoms with E-state index < -0.39 is 5.97 Å². The number of aliphatic carboxylic acids is 1. The van der Waals surface area contributed by atoms with Crippen LogP contribution in [0.4, 0.5) is 0 Å². The number of carboxylic acids is 1. The van der Waals surface area contributed by atoms with Gasteiger partial charge in [-0.2, -0.15) is 0 Å². The lowest BCUT2D eigenvalue weighted by Gasteiger charge is -2.29. The second-order valence-electron chi connectivity index (χ2n) is 5.39. The van der Waals surface area contributed by atoms with E-state index in [0.717, 1.165) is 19.3 Å². The van der Waals surface area contributed by atoms with Gasteiger partial charge in [0.05, 0.1) is 0 Å². The van der Waals surface area contributed by atoms with Crippen molar-refractivity contribution in [2.75, 3.05) is 6.54 Å². The molecule has 0 heterocycles. The maximum Gasteiger partial charge on any atom is 0.303 e. The lowest BCUT2D eigenvalue weighted by Crippen LogP contribution is -2.41. The fourth-order valence-corrected chi connectivity index (χ4v) is 2.50. The molecule has 0 saturated heterocycles. The smallest absolute Gasteiger partial charge is 0.303 e. The Balaban J connectivity index is 2.50. The number of nitrogens with two attached hydrogens (primary N) is 1. The quantitative estimate of drug-likeness (QED) is 0.748. The summed E-state index contributed by atoms with van der Waals surface area (Å²) < 4.78 is 0. The third-order valence-corrected chi connectivity index (χ3v) is 3.52. The van der Waals surface area contributed by atoms with Crippen molar-refractivity contribution in [3.8, 4) is 0 Å². The van der Waals surface area contributed by atoms with Crippen LogP contribution in [0.15, 0.2) is 0 Å². The molecule has 1 fully saturated rings. The molecule has 0 spiro atoms. The van der Waals surface area contributed by atoms with E-state index in [1.165, 1.54) is 0 Å². The van der Waals surface area contributed by atoms with Gasteiger partial charge >= 0.3 is 5.97 Å². The van der Waals surface area contributed by atoms with Crippen molar-refractivity contribution in [1.82, 2.24) is 4.90 Å². The predicted molar refractivity (Wildman–Crippen MR) is 69.0 cm³/mol. The van der Waals surface area contributed by atoms with Crippen molar-refractivity contribution >= 4 is 11.9 Å². The molecule has 0 aromatic heterocycles. The number of carbonyl (C=O) groups excluding carboxylic acids is 1. The second-order valence-corrected chi connectivity index (χ2v) is 5.39. The molecule has 1 rings (SSSR count). The van der Waals surface area contributed by atoms with E-state index in [2.05, 4.69) is 0 Å². The molecule has 1 aliphatic carbocycles. The molecule has 1 amide bonds. The Hall–Kier alpha value is -1.10. The maximum atomic E-state index is 12.3. The molecule has 0 radical (unpaired) electrons. The summed E-state index contributed by atoms with van der Waals surface area (Å²) in [4.78, 5) is 24.6. The number of hydrogen-bond donors (Lipinski definition) is 2. The van der Waals surface area contributed by atoms with E-state index in [-0.39, 0.29) is 30.3 Å². The molecule has 0 aromatic rings. The highest BCUT2D eigenvalue weighted by Gasteiger charge is 2.31. The molecule has 2 unspecified atom stereocenters. The minimum absolute atomic E-state index is 0.0345. The third-order valence-electron chi connectivity index (χ3n) is 3.52. The van der Waals surface area contributed by atoms with E-state index in [1.54, 1.807) is 4.90 Å². The fourth-order valence-electron chi connectivity index (χ4n) is 2.50. The van der Waals surface area contributed by atoms with Crippen LogP contribution >= 0.6 is 0 Å². The minimum atomic E-state index is -0.811. The average Bonchev–Trinajstić information content (AvgIpc) is 2.69. The molecule has 0 aliphatic heterocycles. The Morgan fingerprint density at radius 1 is 1.39 bits per heavy atom. The average molecular weight is 256 g/mol. The summed E-state index contributed by atoms with van der Waals surface area (Å²) >= 11 is 0. The van der Waals surface area contributed by atoms with Crippen LogP contribution < -0.4 is 5.73 Å². The summed E-state index contributed by atoms with van der Waals surface area (Å²) in [5, 5.41) is 8.63. The van der Waals surface area contributed by atoms with Crippen molar-refractivity contribution in [1.29, 1.82) is 0 Å². The zero-order valence-electron chi connectivity index (χ0n) is 11.3. The normalized spacial score (nSPS) is 23.3. The number of carboxylic acid groups (broad SMARTS) is 1. The molecule has 2 atom stereocenters. The van der Waals surface area contributed by atoms with Crippen molar-refractivity contribution in [2.45, 2.75) is 58.0 Å². The molecular formula is C13H24N2O3. The minimum Gasteiger partial charge on any atom is -0.481 e. The molecule has 18 heavy (non-hydrogen) atoms. The Kier molecular flexibility index (Phi) is 5.59. The van der Waals surface area contributed by atoms with E-state index >= 15 is 0 Å². The topological polar surface area (TPSA) is 83.6 Å². The summed E-state index contributed by atoms with van der Waals surface area (Å²) in [6.45, 7) is 4.45. The van der Waals surface area contributed by atoms with Gasteiger partial charge in [-0.25, -0.2) is 0 Å². The molecule has 0 aromatic carbocycles. The van der Waals surface area contributed by atoms with Crippen molar-refractivity contribution in [3.63, 3.8) is 0 Å². The van der Waals surface area contributed by atoms with Crippen LogP contribution in [-0.4, -0.2) is 40.5 Å². The van der Waals surface area contributed by atoms with E-state index in [1.807, 2.05) is 13.8 Å². The Morgan fingerprint density at radius 2 is 2.06 bits per heavy atom. The maximum absolute atomic E-state index is 12.3. The molecule has 1 saturated carbocycles. The zero-order chi connectivity index (χ0) is 13.7. The number of hydrogen-bond acceptors (Lipinski definition) is 3. The first-order valence-corrected chi connectivity index (χ1v) is 6.69. The van der Waals surface area contributed by atoms with Crippen LogP contribution in [0.1, 0.15) is 46.0 Å². The Labute approximate surface area is 108 Å². The summed E-state index contributed by atoms with van der Waals surface area (Å²) in [5.74, 6) is -0.635. The second kappa shape index (κ2) is 6.73. The van der Waals surface area contributed by atoms with Gasteiger partial charge in [-0.05, 0) is 39.5 Å². The van der Waals surface area contributed by atoms with Gasteiger partial charge in [-0.15, -0.1) is 0 Å². The highest BCUT2D eigenvalue weighted by molar-refractivity contribution is 5.79. The van der Waals surface area contributed by atoms with Crippen molar-refractivity contribution < 1.29 is 14.7 Å². The lowest BCUT2D eigenvalue weighted by molar-refractivity contribution is -0.140. The van der Waals surface area contributed by atoms with Gasteiger partial charge in [0.2, 0.25) is 5.91 Å². The molecule has 104 valence electrons. The van der Waals surface area contributed by atoms with Crippen molar-refractivity contribution in [3.05, 3.63) is 0 Å². The Morgan fingerprint density at radius 3 is 2.50 bits per heavy atom. The molecule has 5 heteroatoms. The molecule has 0 bridgehead atoms. The van der Waals surface area contributed by atoms with Gasteiger partial charge in [0.25, 0.3) is 0 Å². The summed E-state index contributed by atoms with van der Waals surface area (Å²) in [5.41, 5.74) is 5.83. The summed E-state index contributed by atoms with van der Waals surface area (Å²) in [7, 11) is 0. The van der Waals surface area contributed by atoms with Crippen LogP contribution in [0.5, 0.6) is 0 Å². The van der Waals surface area contributed by atoms with Gasteiger partial charge in [-0.1, -0.05) is 0 Å². The SMILES string of the molecule is CC(C)N(CCCC(=O)O)C(=O)C1CCC(N)C1. The van der Waals surface area contributed by atoms with Crippen LogP contribution in [0, 0.1) is 5.92 Å². The van der Waals surface area contributed by atoms with Gasteiger partial charge in [0.1, 0.15) is 0 Å². The highest BCUT2D eigenvalue weighted by Crippen LogP contribution is 2.26. The van der Waals surface area contributed by atoms with E-state index in [9.17, 15) is 9.59 Å². The van der Waals surface area contributed by atoms with Gasteiger partial charge in [-0.3, -0.25) is 9.59 Å². The first-order chi connectivity index (χ1) is 8.41. The van der Waals surface area contributed by atoms with Gasteiger partial charge in [0, 0.05) is 31.0 Å². The first kappa shape index (κ1) is 15.0. The molecule has 5 nitrogen and oxygen atoms in total. The van der Waals surface area contributed by atoms with Gasteiger partial charge < -0.3 is 15.7 Å². The van der Waals surface area contributed by atoms with Crippen LogP contribution in [0.3, 0.4) is 0 Å². The van der Waals surface area contributed by atoms with Crippen LogP contribution in [-0.2, 0) is 9.59 Å². The first-order valence-electron chi connectivity index (χ1n) is 6.69.